The molecule has 0 saturated carbocycles. The van der Waals surface area contributed by atoms with Gasteiger partial charge in [-0.3, -0.25) is 14.6 Å². The van der Waals surface area contributed by atoms with Crippen molar-refractivity contribution in [2.24, 2.45) is 0 Å². The molecule has 0 amide bonds. The Morgan fingerprint density at radius 3 is 2.61 bits per heavy atom. The maximum Gasteiger partial charge on any atom is 0.259 e. The molecule has 23 heavy (non-hydrogen) atoms. The average molecular weight is 304 g/mol. The molecule has 2 aromatic heterocycles. The Kier molecular flexibility index (Phi) is 3.11. The smallest absolute Gasteiger partial charge is 0.259 e. The van der Waals surface area contributed by atoms with E-state index in [0.717, 1.165) is 24.1 Å². The van der Waals surface area contributed by atoms with E-state index in [2.05, 4.69) is 11.9 Å². The number of nitrogens with zero attached hydrogens (tertiary/aromatic N) is 2. The molecule has 0 fully saturated rings. The van der Waals surface area contributed by atoms with Crippen LogP contribution in [-0.4, -0.2) is 15.3 Å². The van der Waals surface area contributed by atoms with Crippen molar-refractivity contribution in [3.8, 4) is 11.3 Å². The van der Waals surface area contributed by atoms with E-state index in [0.29, 0.717) is 28.4 Å². The van der Waals surface area contributed by atoms with E-state index >= 15 is 0 Å². The number of fused-ring (bicyclic) bond motifs is 5. The van der Waals surface area contributed by atoms with Gasteiger partial charge in [0.2, 0.25) is 0 Å². The fourth-order valence-electron chi connectivity index (χ4n) is 3.35. The van der Waals surface area contributed by atoms with Crippen molar-refractivity contribution < 1.29 is 4.79 Å². The summed E-state index contributed by atoms with van der Waals surface area (Å²) in [4.78, 5) is 30.0. The predicted octanol–water partition coefficient (Wildman–Crippen LogP) is 3.41. The normalized spacial score (nSPS) is 12.5. The number of hydrogen-bond donors (Lipinski definition) is 0. The number of carbonyl (C=O) groups excluding carboxylic acids is 1. The SMILES string of the molecule is CCCCn1c2c(c3cnccc3c1=O)C(=O)c1ccccc1-2. The number of benzene rings is 1. The molecule has 0 aliphatic heterocycles. The van der Waals surface area contributed by atoms with Gasteiger partial charge in [-0.2, -0.15) is 0 Å². The average Bonchev–Trinajstić information content (AvgIpc) is 2.89. The van der Waals surface area contributed by atoms with Crippen LogP contribution in [0.25, 0.3) is 22.0 Å². The highest BCUT2D eigenvalue weighted by Crippen LogP contribution is 2.38. The van der Waals surface area contributed by atoms with Crippen molar-refractivity contribution in [2.45, 2.75) is 26.3 Å². The van der Waals surface area contributed by atoms with Gasteiger partial charge in [0.05, 0.1) is 16.6 Å². The first-order valence-corrected chi connectivity index (χ1v) is 7.88. The lowest BCUT2D eigenvalue weighted by atomic mass is 10.0. The van der Waals surface area contributed by atoms with Gasteiger partial charge < -0.3 is 4.57 Å². The minimum Gasteiger partial charge on any atom is -0.307 e. The summed E-state index contributed by atoms with van der Waals surface area (Å²) in [5.74, 6) is -0.0150. The van der Waals surface area contributed by atoms with Crippen molar-refractivity contribution in [3.63, 3.8) is 0 Å². The summed E-state index contributed by atoms with van der Waals surface area (Å²) >= 11 is 0. The highest BCUT2D eigenvalue weighted by molar-refractivity contribution is 6.26. The zero-order chi connectivity index (χ0) is 16.0. The van der Waals surface area contributed by atoms with Crippen molar-refractivity contribution in [1.29, 1.82) is 0 Å². The molecule has 1 aliphatic carbocycles. The fraction of sp³-hybridized carbons (Fsp3) is 0.211. The molecule has 0 bridgehead atoms. The molecule has 0 saturated heterocycles. The van der Waals surface area contributed by atoms with Crippen LogP contribution in [0.5, 0.6) is 0 Å². The predicted molar refractivity (Wildman–Crippen MR) is 89.8 cm³/mol. The summed E-state index contributed by atoms with van der Waals surface area (Å²) < 4.78 is 1.77. The largest absolute Gasteiger partial charge is 0.307 e. The monoisotopic (exact) mass is 304 g/mol. The first-order chi connectivity index (χ1) is 11.2. The van der Waals surface area contributed by atoms with Crippen molar-refractivity contribution in [3.05, 3.63) is 64.2 Å². The number of hydrogen-bond acceptors (Lipinski definition) is 3. The van der Waals surface area contributed by atoms with Crippen molar-refractivity contribution >= 4 is 16.6 Å². The maximum absolute atomic E-state index is 12.9. The first kappa shape index (κ1) is 13.9. The molecule has 0 N–H and O–H groups in total. The van der Waals surface area contributed by atoms with Crippen LogP contribution >= 0.6 is 0 Å². The third-order valence-electron chi connectivity index (χ3n) is 4.46. The molecule has 114 valence electrons. The molecule has 1 aliphatic rings. The Balaban J connectivity index is 2.16. The van der Waals surface area contributed by atoms with Crippen LogP contribution in [0.1, 0.15) is 35.7 Å². The number of pyridine rings is 2. The topological polar surface area (TPSA) is 52.0 Å². The lowest BCUT2D eigenvalue weighted by molar-refractivity contribution is 0.104. The number of ketones is 1. The van der Waals surface area contributed by atoms with Gasteiger partial charge in [-0.25, -0.2) is 0 Å². The second-order valence-electron chi connectivity index (χ2n) is 5.83. The number of aromatic nitrogens is 2. The zero-order valence-corrected chi connectivity index (χ0v) is 12.9. The summed E-state index contributed by atoms with van der Waals surface area (Å²) in [5.41, 5.74) is 2.85. The maximum atomic E-state index is 12.9. The minimum absolute atomic E-state index is 0.0150. The van der Waals surface area contributed by atoms with Crippen LogP contribution in [0.15, 0.2) is 47.5 Å². The van der Waals surface area contributed by atoms with E-state index in [4.69, 9.17) is 0 Å². The molecule has 4 rings (SSSR count). The van der Waals surface area contributed by atoms with Gasteiger partial charge in [-0.05, 0) is 12.5 Å². The van der Waals surface area contributed by atoms with E-state index in [-0.39, 0.29) is 11.3 Å². The molecule has 1 aromatic carbocycles. The van der Waals surface area contributed by atoms with Gasteiger partial charge in [-0.1, -0.05) is 37.6 Å². The van der Waals surface area contributed by atoms with Gasteiger partial charge in [0, 0.05) is 35.5 Å². The summed E-state index contributed by atoms with van der Waals surface area (Å²) in [7, 11) is 0. The second-order valence-corrected chi connectivity index (χ2v) is 5.83. The van der Waals surface area contributed by atoms with E-state index in [1.807, 2.05) is 24.3 Å². The first-order valence-electron chi connectivity index (χ1n) is 7.88. The molecular formula is C19H16N2O2. The highest BCUT2D eigenvalue weighted by Gasteiger charge is 2.32. The standard InChI is InChI=1S/C19H16N2O2/c1-2-3-10-21-17-12-6-4-5-7-13(12)18(22)16(17)15-11-20-9-8-14(15)19(21)23/h4-9,11H,2-3,10H2,1H3. The van der Waals surface area contributed by atoms with Gasteiger partial charge in [0.25, 0.3) is 5.56 Å². The van der Waals surface area contributed by atoms with Gasteiger partial charge >= 0.3 is 0 Å². The van der Waals surface area contributed by atoms with Crippen LogP contribution < -0.4 is 5.56 Å². The Bertz CT molecular complexity index is 1000. The Morgan fingerprint density at radius 1 is 1.04 bits per heavy atom. The number of rotatable bonds is 3. The third kappa shape index (κ3) is 1.88. The van der Waals surface area contributed by atoms with E-state index < -0.39 is 0 Å². The van der Waals surface area contributed by atoms with Gasteiger partial charge in [0.1, 0.15) is 0 Å². The highest BCUT2D eigenvalue weighted by atomic mass is 16.1. The van der Waals surface area contributed by atoms with Crippen LogP contribution in [0.3, 0.4) is 0 Å². The second kappa shape index (κ2) is 5.16. The Hall–Kier alpha value is -2.75. The van der Waals surface area contributed by atoms with E-state index in [1.165, 1.54) is 0 Å². The molecule has 2 heterocycles. The van der Waals surface area contributed by atoms with Crippen molar-refractivity contribution in [2.75, 3.05) is 0 Å². The lowest BCUT2D eigenvalue weighted by Crippen LogP contribution is -2.23. The van der Waals surface area contributed by atoms with Gasteiger partial charge in [0.15, 0.2) is 5.78 Å². The molecular weight excluding hydrogens is 288 g/mol. The van der Waals surface area contributed by atoms with Crippen LogP contribution in [0.4, 0.5) is 0 Å². The van der Waals surface area contributed by atoms with Crippen LogP contribution in [-0.2, 0) is 6.54 Å². The van der Waals surface area contributed by atoms with E-state index in [1.54, 1.807) is 23.0 Å². The third-order valence-corrected chi connectivity index (χ3v) is 4.46. The van der Waals surface area contributed by atoms with Gasteiger partial charge in [-0.15, -0.1) is 0 Å². The molecule has 0 atom stereocenters. The summed E-state index contributed by atoms with van der Waals surface area (Å²) in [6.45, 7) is 2.72. The molecule has 0 radical (unpaired) electrons. The molecule has 4 nitrogen and oxygen atoms in total. The molecule has 3 aromatic rings. The number of carbonyl (C=O) groups is 1. The van der Waals surface area contributed by atoms with Crippen LogP contribution in [0.2, 0.25) is 0 Å². The molecule has 0 spiro atoms. The zero-order valence-electron chi connectivity index (χ0n) is 12.9. The quantitative estimate of drug-likeness (QED) is 0.583. The molecule has 0 unspecified atom stereocenters. The molecule has 4 heteroatoms. The Morgan fingerprint density at radius 2 is 1.83 bits per heavy atom. The van der Waals surface area contributed by atoms with Crippen molar-refractivity contribution in [1.82, 2.24) is 9.55 Å². The minimum atomic E-state index is -0.0425. The lowest BCUT2D eigenvalue weighted by Gasteiger charge is -2.14. The van der Waals surface area contributed by atoms with E-state index in [9.17, 15) is 9.59 Å². The summed E-state index contributed by atoms with van der Waals surface area (Å²) in [5, 5.41) is 1.22. The number of unbranched alkanes of at least 4 members (excludes halogenated alkanes) is 1. The summed E-state index contributed by atoms with van der Waals surface area (Å²) in [6, 6.07) is 9.22. The van der Waals surface area contributed by atoms with Crippen LogP contribution in [0, 0.1) is 0 Å². The Labute approximate surface area is 133 Å². The summed E-state index contributed by atoms with van der Waals surface area (Å²) in [6.07, 6.45) is 5.13. The fourth-order valence-corrected chi connectivity index (χ4v) is 3.35.